The van der Waals surface area contributed by atoms with E-state index in [9.17, 15) is 79.0 Å². The van der Waals surface area contributed by atoms with E-state index < -0.39 is 85.4 Å². The van der Waals surface area contributed by atoms with E-state index in [0.29, 0.717) is 0 Å². The number of hydrogen-bond acceptors (Lipinski definition) is 2. The maximum atomic E-state index is 14.5. The molecule has 0 aliphatic rings. The number of rotatable bonds is 13. The minimum absolute atomic E-state index is 0.0308. The molecule has 0 aliphatic heterocycles. The predicted octanol–water partition coefficient (Wildman–Crippen LogP) is 8.94. The Balaban J connectivity index is 2.51. The van der Waals surface area contributed by atoms with Crippen molar-refractivity contribution in [1.82, 2.24) is 0 Å². The highest BCUT2D eigenvalue weighted by molar-refractivity contribution is 5.49. The van der Waals surface area contributed by atoms with Gasteiger partial charge in [-0.3, -0.25) is 0 Å². The highest BCUT2D eigenvalue weighted by atomic mass is 19.4. The molecule has 0 radical (unpaired) electrons. The van der Waals surface area contributed by atoms with Crippen LogP contribution in [0.25, 0.3) is 0 Å². The predicted molar refractivity (Wildman–Crippen MR) is 119 cm³/mol. The van der Waals surface area contributed by atoms with Crippen molar-refractivity contribution in [3.8, 4) is 0 Å². The van der Waals surface area contributed by atoms with Crippen LogP contribution in [-0.4, -0.2) is 74.1 Å². The first-order valence-corrected chi connectivity index (χ1v) is 11.6. The molecule has 0 saturated carbocycles. The molecule has 0 aromatic heterocycles. The summed E-state index contributed by atoms with van der Waals surface area (Å²) in [7, 11) is 0. The number of benzene rings is 2. The average Bonchev–Trinajstić information content (AvgIpc) is 2.89. The van der Waals surface area contributed by atoms with Gasteiger partial charge in [0.15, 0.2) is 0 Å². The Labute approximate surface area is 235 Å². The van der Waals surface area contributed by atoms with Crippen LogP contribution in [0.5, 0.6) is 0 Å². The van der Waals surface area contributed by atoms with E-state index in [1.165, 1.54) is 12.1 Å². The second kappa shape index (κ2) is 11.9. The Bertz CT molecular complexity index is 1110. The minimum Gasteiger partial charge on any atom is -0.363 e. The molecule has 250 valence electrons. The number of para-hydroxylation sites is 2. The van der Waals surface area contributed by atoms with Crippen LogP contribution in [0.3, 0.4) is 0 Å². The normalized spacial score (nSPS) is 14.5. The van der Waals surface area contributed by atoms with E-state index >= 15 is 0 Å². The summed E-state index contributed by atoms with van der Waals surface area (Å²) in [5.74, 6) is -41.3. The lowest BCUT2D eigenvalue weighted by molar-refractivity contribution is -0.394. The van der Waals surface area contributed by atoms with Gasteiger partial charge in [0.05, 0.1) is 13.1 Å². The topological polar surface area (TPSA) is 6.48 Å². The van der Waals surface area contributed by atoms with Gasteiger partial charge in [0, 0.05) is 24.5 Å². The smallest absolute Gasteiger partial charge is 0.363 e. The monoisotopic (exact) mass is 676 g/mol. The fourth-order valence-corrected chi connectivity index (χ4v) is 3.61. The molecule has 2 aromatic rings. The van der Waals surface area contributed by atoms with Crippen molar-refractivity contribution in [1.29, 1.82) is 0 Å². The van der Waals surface area contributed by atoms with Gasteiger partial charge in [-0.25, -0.2) is 0 Å². The Kier molecular flexibility index (Phi) is 10.0. The molecule has 2 rings (SSSR count). The van der Waals surface area contributed by atoms with E-state index in [1.54, 1.807) is 0 Å². The molecule has 0 unspecified atom stereocenters. The Morgan fingerprint density at radius 2 is 0.614 bits per heavy atom. The summed E-state index contributed by atoms with van der Waals surface area (Å²) in [6, 6.07) is 9.71. The first-order valence-electron chi connectivity index (χ1n) is 11.6. The molecule has 0 saturated heterocycles. The number of alkyl halides is 18. The van der Waals surface area contributed by atoms with Crippen LogP contribution in [0.15, 0.2) is 60.7 Å². The quantitative estimate of drug-likeness (QED) is 0.196. The SMILES string of the molecule is FC(F)(F)C(F)(F)C(F)(F)C(F)(F)CN(CCN(CC(F)(F)C(F)(F)C(F)(F)C(F)(F)F)c1ccccc1)c1ccccc1. The summed E-state index contributed by atoms with van der Waals surface area (Å²) >= 11 is 0. The lowest BCUT2D eigenvalue weighted by Gasteiger charge is -2.39. The van der Waals surface area contributed by atoms with Crippen LogP contribution >= 0.6 is 0 Å². The van der Waals surface area contributed by atoms with Gasteiger partial charge in [0.1, 0.15) is 0 Å². The zero-order valence-corrected chi connectivity index (χ0v) is 21.3. The van der Waals surface area contributed by atoms with Crippen LogP contribution in [0.2, 0.25) is 0 Å². The summed E-state index contributed by atoms with van der Waals surface area (Å²) in [6.45, 7) is -8.06. The number of anilines is 2. The van der Waals surface area contributed by atoms with E-state index in [4.69, 9.17) is 0 Å². The van der Waals surface area contributed by atoms with E-state index in [-0.39, 0.29) is 9.80 Å². The van der Waals surface area contributed by atoms with Gasteiger partial charge < -0.3 is 9.80 Å². The van der Waals surface area contributed by atoms with E-state index in [2.05, 4.69) is 0 Å². The third-order valence-electron chi connectivity index (χ3n) is 6.08. The highest BCUT2D eigenvalue weighted by Crippen LogP contribution is 2.54. The van der Waals surface area contributed by atoms with Crippen LogP contribution in [0.1, 0.15) is 0 Å². The maximum absolute atomic E-state index is 14.5. The molecule has 0 amide bonds. The lowest BCUT2D eigenvalue weighted by atomic mass is 10.0. The third kappa shape index (κ3) is 6.87. The molecule has 2 aromatic carbocycles. The van der Waals surface area contributed by atoms with E-state index in [1.807, 2.05) is 0 Å². The summed E-state index contributed by atoms with van der Waals surface area (Å²) < 4.78 is 243. The summed E-state index contributed by atoms with van der Waals surface area (Å²) in [4.78, 5) is -0.0617. The number of hydrogen-bond donors (Lipinski definition) is 0. The van der Waals surface area contributed by atoms with Crippen LogP contribution in [-0.2, 0) is 0 Å². The number of halogens is 18. The Morgan fingerprint density at radius 3 is 0.841 bits per heavy atom. The fourth-order valence-electron chi connectivity index (χ4n) is 3.61. The second-order valence-corrected chi connectivity index (χ2v) is 9.22. The van der Waals surface area contributed by atoms with Gasteiger partial charge in [0.2, 0.25) is 0 Å². The molecule has 2 nitrogen and oxygen atoms in total. The zero-order valence-electron chi connectivity index (χ0n) is 21.3. The molecule has 20 heteroatoms. The molecule has 0 N–H and O–H groups in total. The highest BCUT2D eigenvalue weighted by Gasteiger charge is 2.82. The van der Waals surface area contributed by atoms with Gasteiger partial charge >= 0.3 is 47.9 Å². The summed E-state index contributed by atoms with van der Waals surface area (Å²) in [6.07, 6.45) is -14.3. The molecule has 0 atom stereocenters. The minimum atomic E-state index is -7.29. The molecule has 0 spiro atoms. The summed E-state index contributed by atoms with van der Waals surface area (Å²) in [5, 5.41) is 0. The molecule has 0 heterocycles. The van der Waals surface area contributed by atoms with Crippen LogP contribution in [0.4, 0.5) is 90.4 Å². The van der Waals surface area contributed by atoms with Crippen molar-refractivity contribution in [2.75, 3.05) is 36.0 Å². The summed E-state index contributed by atoms with van der Waals surface area (Å²) in [5.41, 5.74) is -1.26. The maximum Gasteiger partial charge on any atom is 0.460 e. The molecular weight excluding hydrogens is 658 g/mol. The zero-order chi connectivity index (χ0) is 34.2. The van der Waals surface area contributed by atoms with Crippen molar-refractivity contribution in [3.05, 3.63) is 60.7 Å². The van der Waals surface area contributed by atoms with E-state index in [0.717, 1.165) is 48.5 Å². The first-order chi connectivity index (χ1) is 19.6. The van der Waals surface area contributed by atoms with Gasteiger partial charge in [-0.2, -0.15) is 79.0 Å². The second-order valence-electron chi connectivity index (χ2n) is 9.22. The molecule has 0 bridgehead atoms. The Morgan fingerprint density at radius 1 is 0.364 bits per heavy atom. The molecule has 44 heavy (non-hydrogen) atoms. The van der Waals surface area contributed by atoms with Crippen LogP contribution < -0.4 is 9.80 Å². The molecule has 0 aliphatic carbocycles. The fraction of sp³-hybridized carbons (Fsp3) is 0.500. The van der Waals surface area contributed by atoms with Crippen molar-refractivity contribution < 1.29 is 79.0 Å². The molecular formula is C24H18F18N2. The van der Waals surface area contributed by atoms with Crippen molar-refractivity contribution in [2.45, 2.75) is 47.9 Å². The third-order valence-corrected chi connectivity index (χ3v) is 6.08. The lowest BCUT2D eigenvalue weighted by Crippen LogP contribution is -2.64. The number of nitrogens with zero attached hydrogens (tertiary/aromatic N) is 2. The van der Waals surface area contributed by atoms with Gasteiger partial charge in [-0.1, -0.05) is 36.4 Å². The molecule has 0 fully saturated rings. The average molecular weight is 676 g/mol. The standard InChI is InChI=1S/C24H18F18N2/c25-17(26,19(29,30)21(33,34)23(37,38)39)13-43(15-7-3-1-4-8-15)11-12-44(16-9-5-2-6-10-16)14-18(27,28)20(31,32)22(35,36)24(40,41)42/h1-10H,11-14H2. The van der Waals surface area contributed by atoms with Gasteiger partial charge in [-0.05, 0) is 24.3 Å². The largest absolute Gasteiger partial charge is 0.460 e. The van der Waals surface area contributed by atoms with Gasteiger partial charge in [0.25, 0.3) is 0 Å². The van der Waals surface area contributed by atoms with Crippen molar-refractivity contribution in [2.24, 2.45) is 0 Å². The van der Waals surface area contributed by atoms with Crippen LogP contribution in [0, 0.1) is 0 Å². The van der Waals surface area contributed by atoms with Gasteiger partial charge in [-0.15, -0.1) is 0 Å². The Hall–Kier alpha value is -3.22. The first kappa shape index (κ1) is 37.0. The van der Waals surface area contributed by atoms with Crippen molar-refractivity contribution in [3.63, 3.8) is 0 Å². The van der Waals surface area contributed by atoms with Crippen molar-refractivity contribution >= 4 is 11.4 Å².